The standard InChI is InChI=1S/C20H15Cl2FN2O3S/c21-14-6-8-16(17(22)10-14)20(26)25-19-9-7-15(11-18(19)23)29(27,28)24-12-13-4-2-1-3-5-13/h1-11,24H,12H2,(H,25,26). The molecule has 29 heavy (non-hydrogen) atoms. The number of amides is 1. The molecule has 0 heterocycles. The van der Waals surface area contributed by atoms with E-state index in [0.717, 1.165) is 11.6 Å². The van der Waals surface area contributed by atoms with Crippen LogP contribution in [-0.2, 0) is 16.6 Å². The Morgan fingerprint density at radius 3 is 2.34 bits per heavy atom. The zero-order valence-electron chi connectivity index (χ0n) is 14.8. The first-order valence-corrected chi connectivity index (χ1v) is 10.6. The number of carbonyl (C=O) groups is 1. The second-order valence-electron chi connectivity index (χ2n) is 6.03. The lowest BCUT2D eigenvalue weighted by Gasteiger charge is -2.11. The minimum atomic E-state index is -3.93. The van der Waals surface area contributed by atoms with Crippen LogP contribution in [0, 0.1) is 5.82 Å². The van der Waals surface area contributed by atoms with Gasteiger partial charge < -0.3 is 5.32 Å². The number of benzene rings is 3. The average molecular weight is 453 g/mol. The predicted octanol–water partition coefficient (Wildman–Crippen LogP) is 4.86. The SMILES string of the molecule is O=C(Nc1ccc(S(=O)(=O)NCc2ccccc2)cc1F)c1ccc(Cl)cc1Cl. The molecular weight excluding hydrogens is 438 g/mol. The van der Waals surface area contributed by atoms with E-state index in [0.29, 0.717) is 5.02 Å². The fraction of sp³-hybridized carbons (Fsp3) is 0.0500. The van der Waals surface area contributed by atoms with E-state index in [-0.39, 0.29) is 27.7 Å². The van der Waals surface area contributed by atoms with E-state index in [1.54, 1.807) is 24.3 Å². The van der Waals surface area contributed by atoms with Gasteiger partial charge in [0.2, 0.25) is 10.0 Å². The van der Waals surface area contributed by atoms with E-state index in [4.69, 9.17) is 23.2 Å². The summed E-state index contributed by atoms with van der Waals surface area (Å²) in [5.41, 5.74) is 0.694. The van der Waals surface area contributed by atoms with Gasteiger partial charge in [0.1, 0.15) is 5.82 Å². The van der Waals surface area contributed by atoms with Gasteiger partial charge in [0.15, 0.2) is 0 Å². The van der Waals surface area contributed by atoms with Gasteiger partial charge in [0.25, 0.3) is 5.91 Å². The first-order chi connectivity index (χ1) is 13.8. The number of sulfonamides is 1. The number of halogens is 3. The quantitative estimate of drug-likeness (QED) is 0.560. The molecule has 0 spiro atoms. The summed E-state index contributed by atoms with van der Waals surface area (Å²) in [5, 5.41) is 2.83. The molecule has 0 aliphatic carbocycles. The third-order valence-electron chi connectivity index (χ3n) is 3.98. The number of hydrogen-bond acceptors (Lipinski definition) is 3. The Bertz CT molecular complexity index is 1160. The van der Waals surface area contributed by atoms with E-state index >= 15 is 0 Å². The highest BCUT2D eigenvalue weighted by Crippen LogP contribution is 2.24. The first-order valence-electron chi connectivity index (χ1n) is 8.36. The molecule has 0 fully saturated rings. The zero-order chi connectivity index (χ0) is 21.0. The molecule has 5 nitrogen and oxygen atoms in total. The van der Waals surface area contributed by atoms with Crippen molar-refractivity contribution < 1.29 is 17.6 Å². The van der Waals surface area contributed by atoms with E-state index in [2.05, 4.69) is 10.0 Å². The normalized spacial score (nSPS) is 11.3. The summed E-state index contributed by atoms with van der Waals surface area (Å²) in [6.07, 6.45) is 0. The molecular formula is C20H15Cl2FN2O3S. The van der Waals surface area contributed by atoms with Crippen LogP contribution in [0.2, 0.25) is 10.0 Å². The lowest BCUT2D eigenvalue weighted by molar-refractivity contribution is 0.102. The molecule has 2 N–H and O–H groups in total. The van der Waals surface area contributed by atoms with Gasteiger partial charge in [-0.25, -0.2) is 17.5 Å². The van der Waals surface area contributed by atoms with Crippen LogP contribution in [0.25, 0.3) is 0 Å². The summed E-state index contributed by atoms with van der Waals surface area (Å²) in [6, 6.07) is 16.4. The lowest BCUT2D eigenvalue weighted by atomic mass is 10.2. The van der Waals surface area contributed by atoms with E-state index in [1.165, 1.54) is 30.3 Å². The van der Waals surface area contributed by atoms with Crippen molar-refractivity contribution in [3.05, 3.63) is 93.7 Å². The van der Waals surface area contributed by atoms with Crippen molar-refractivity contribution in [1.82, 2.24) is 4.72 Å². The molecule has 3 rings (SSSR count). The molecule has 0 bridgehead atoms. The number of hydrogen-bond donors (Lipinski definition) is 2. The molecule has 3 aromatic rings. The number of nitrogens with one attached hydrogen (secondary N) is 2. The monoisotopic (exact) mass is 452 g/mol. The highest BCUT2D eigenvalue weighted by molar-refractivity contribution is 7.89. The Labute approximate surface area is 177 Å². The molecule has 3 aromatic carbocycles. The molecule has 1 amide bonds. The van der Waals surface area contributed by atoms with Crippen molar-refractivity contribution in [2.24, 2.45) is 0 Å². The average Bonchev–Trinajstić information content (AvgIpc) is 2.68. The highest BCUT2D eigenvalue weighted by atomic mass is 35.5. The Balaban J connectivity index is 1.74. The fourth-order valence-corrected chi connectivity index (χ4v) is 4.01. The minimum Gasteiger partial charge on any atom is -0.319 e. The van der Waals surface area contributed by atoms with Gasteiger partial charge in [-0.15, -0.1) is 0 Å². The van der Waals surface area contributed by atoms with E-state index < -0.39 is 21.7 Å². The Morgan fingerprint density at radius 2 is 1.69 bits per heavy atom. The fourth-order valence-electron chi connectivity index (χ4n) is 2.49. The van der Waals surface area contributed by atoms with Crippen molar-refractivity contribution in [2.75, 3.05) is 5.32 Å². The van der Waals surface area contributed by atoms with Crippen LogP contribution in [0.5, 0.6) is 0 Å². The smallest absolute Gasteiger partial charge is 0.257 e. The van der Waals surface area contributed by atoms with Crippen molar-refractivity contribution >= 4 is 44.8 Å². The molecule has 0 aromatic heterocycles. The molecule has 9 heteroatoms. The number of anilines is 1. The van der Waals surface area contributed by atoms with E-state index in [1.807, 2.05) is 6.07 Å². The van der Waals surface area contributed by atoms with Crippen LogP contribution in [0.3, 0.4) is 0 Å². The largest absolute Gasteiger partial charge is 0.319 e. The summed E-state index contributed by atoms with van der Waals surface area (Å²) in [5.74, 6) is -1.55. The molecule has 150 valence electrons. The summed E-state index contributed by atoms with van der Waals surface area (Å²) in [7, 11) is -3.93. The molecule has 0 aliphatic heterocycles. The van der Waals surface area contributed by atoms with Gasteiger partial charge in [0.05, 0.1) is 21.2 Å². The lowest BCUT2D eigenvalue weighted by Crippen LogP contribution is -2.23. The second-order valence-corrected chi connectivity index (χ2v) is 8.64. The zero-order valence-corrected chi connectivity index (χ0v) is 17.2. The Morgan fingerprint density at radius 1 is 0.966 bits per heavy atom. The van der Waals surface area contributed by atoms with Gasteiger partial charge in [0, 0.05) is 11.6 Å². The maximum absolute atomic E-state index is 14.4. The van der Waals surface area contributed by atoms with E-state index in [9.17, 15) is 17.6 Å². The molecule has 0 unspecified atom stereocenters. The molecule has 0 radical (unpaired) electrons. The van der Waals surface area contributed by atoms with Crippen molar-refractivity contribution in [2.45, 2.75) is 11.4 Å². The number of rotatable bonds is 6. The van der Waals surface area contributed by atoms with Crippen molar-refractivity contribution in [3.63, 3.8) is 0 Å². The molecule has 0 saturated heterocycles. The van der Waals surface area contributed by atoms with Crippen molar-refractivity contribution in [1.29, 1.82) is 0 Å². The van der Waals surface area contributed by atoms with Crippen LogP contribution >= 0.6 is 23.2 Å². The van der Waals surface area contributed by atoms with Crippen LogP contribution in [0.4, 0.5) is 10.1 Å². The molecule has 0 aliphatic rings. The summed E-state index contributed by atoms with van der Waals surface area (Å²) >= 11 is 11.8. The molecule has 0 saturated carbocycles. The topological polar surface area (TPSA) is 75.3 Å². The van der Waals surface area contributed by atoms with Gasteiger partial charge in [-0.2, -0.15) is 0 Å². The Kier molecular flexibility index (Phi) is 6.54. The van der Waals surface area contributed by atoms with Gasteiger partial charge in [-0.3, -0.25) is 4.79 Å². The Hall–Kier alpha value is -2.45. The first kappa shape index (κ1) is 21.3. The third-order valence-corrected chi connectivity index (χ3v) is 5.93. The van der Waals surface area contributed by atoms with Gasteiger partial charge in [-0.1, -0.05) is 53.5 Å². The summed E-state index contributed by atoms with van der Waals surface area (Å²) in [6.45, 7) is 0.0678. The van der Waals surface area contributed by atoms with Gasteiger partial charge in [-0.05, 0) is 42.0 Å². The summed E-state index contributed by atoms with van der Waals surface area (Å²) in [4.78, 5) is 12.0. The molecule has 0 atom stereocenters. The van der Waals surface area contributed by atoms with Crippen LogP contribution in [0.1, 0.15) is 15.9 Å². The maximum Gasteiger partial charge on any atom is 0.257 e. The van der Waals surface area contributed by atoms with Crippen LogP contribution in [-0.4, -0.2) is 14.3 Å². The summed E-state index contributed by atoms with van der Waals surface area (Å²) < 4.78 is 41.6. The van der Waals surface area contributed by atoms with Crippen LogP contribution < -0.4 is 10.0 Å². The maximum atomic E-state index is 14.4. The predicted molar refractivity (Wildman–Crippen MR) is 111 cm³/mol. The third kappa shape index (κ3) is 5.33. The second kappa shape index (κ2) is 8.92. The van der Waals surface area contributed by atoms with Crippen molar-refractivity contribution in [3.8, 4) is 0 Å². The number of carbonyl (C=O) groups excluding carboxylic acids is 1. The minimum absolute atomic E-state index is 0.0678. The van der Waals surface area contributed by atoms with Crippen LogP contribution in [0.15, 0.2) is 71.6 Å². The highest BCUT2D eigenvalue weighted by Gasteiger charge is 2.18. The van der Waals surface area contributed by atoms with Gasteiger partial charge >= 0.3 is 0 Å².